The number of aliphatic imine (C=N–C) groups is 1. The molecule has 1 saturated carbocycles. The average Bonchev–Trinajstić information content (AvgIpc) is 3.65. The van der Waals surface area contributed by atoms with Crippen LogP contribution >= 0.6 is 0 Å². The number of hydrogen-bond acceptors (Lipinski definition) is 6. The number of alkyl halides is 6. The van der Waals surface area contributed by atoms with Gasteiger partial charge in [-0.05, 0) is 49.8 Å². The normalized spacial score (nSPS) is 23.5. The summed E-state index contributed by atoms with van der Waals surface area (Å²) in [6, 6.07) is 1.90. The van der Waals surface area contributed by atoms with Crippen LogP contribution in [0.1, 0.15) is 60.9 Å². The Hall–Kier alpha value is -3.22. The smallest absolute Gasteiger partial charge is 0.426 e. The second-order valence-corrected chi connectivity index (χ2v) is 9.75. The van der Waals surface area contributed by atoms with Gasteiger partial charge in [0.2, 0.25) is 5.88 Å². The van der Waals surface area contributed by atoms with E-state index in [0.29, 0.717) is 24.6 Å². The molecule has 2 saturated heterocycles. The number of nitrogens with zero attached hydrogens (tertiary/aromatic N) is 5. The molecule has 0 bridgehead atoms. The summed E-state index contributed by atoms with van der Waals surface area (Å²) in [6.07, 6.45) is -2.61. The van der Waals surface area contributed by atoms with Crippen molar-refractivity contribution in [2.45, 2.75) is 68.7 Å². The van der Waals surface area contributed by atoms with Crippen LogP contribution in [0, 0.1) is 0 Å². The third kappa shape index (κ3) is 6.08. The van der Waals surface area contributed by atoms with E-state index >= 15 is 0 Å². The summed E-state index contributed by atoms with van der Waals surface area (Å²) in [5.41, 5.74) is -0.116. The zero-order valence-corrected chi connectivity index (χ0v) is 20.1. The minimum absolute atomic E-state index is 0.0640. The number of amides is 1. The number of fused-ring (bicyclic) bond motifs is 1. The number of carbonyl (C=O) groups excluding carboxylic acids is 1. The van der Waals surface area contributed by atoms with Gasteiger partial charge in [0.25, 0.3) is 5.91 Å². The van der Waals surface area contributed by atoms with Crippen LogP contribution in [-0.4, -0.2) is 63.5 Å². The van der Waals surface area contributed by atoms with E-state index in [1.807, 2.05) is 4.90 Å². The van der Waals surface area contributed by atoms with E-state index < -0.39 is 36.1 Å². The van der Waals surface area contributed by atoms with Gasteiger partial charge in [0.1, 0.15) is 6.21 Å². The number of hydrogen-bond donors (Lipinski definition) is 0. The fraction of sp³-hybridized carbons (Fsp3) is 0.520. The average molecular weight is 541 g/mol. The highest BCUT2D eigenvalue weighted by Gasteiger charge is 2.42. The lowest BCUT2D eigenvalue weighted by Gasteiger charge is -2.40. The Balaban J connectivity index is 1.31. The molecule has 7 nitrogen and oxygen atoms in total. The third-order valence-electron chi connectivity index (χ3n) is 7.02. The van der Waals surface area contributed by atoms with E-state index in [1.54, 1.807) is 12.4 Å². The molecule has 38 heavy (non-hydrogen) atoms. The number of ether oxygens (including phenoxy) is 1. The summed E-state index contributed by atoms with van der Waals surface area (Å²) in [7, 11) is 0. The summed E-state index contributed by atoms with van der Waals surface area (Å²) in [6.45, 7) is 0.363. The van der Waals surface area contributed by atoms with Gasteiger partial charge in [-0.1, -0.05) is 12.1 Å². The molecule has 2 aliphatic heterocycles. The number of aromatic nitrogens is 2. The summed E-state index contributed by atoms with van der Waals surface area (Å²) < 4.78 is 83.7. The Labute approximate surface area is 214 Å². The van der Waals surface area contributed by atoms with Gasteiger partial charge in [-0.15, -0.1) is 0 Å². The van der Waals surface area contributed by atoms with E-state index in [1.165, 1.54) is 4.90 Å². The first-order chi connectivity index (χ1) is 18.0. The standard InChI is InChI=1S/C25H25F6N5O2/c26-24(27,28)13-34-22(16-3-5-17(6-4-16)25(29,30)31)23(37)35-10-9-18-7-8-21(36(18)14-35)38-20-12-32-19(11-33-20)15-1-2-15/h3-6,11-13,15,18,21-22H,1-2,7-10,14H2/t18-,21-,22?/m0/s1. The highest BCUT2D eigenvalue weighted by atomic mass is 19.4. The molecule has 0 radical (unpaired) electrons. The number of benzene rings is 1. The zero-order valence-electron chi connectivity index (χ0n) is 20.1. The SMILES string of the molecule is O=C(C(N=CC(F)(F)F)c1ccc(C(F)(F)F)cc1)N1CC[C@@H]2CC[C@H](Oc3cnc(C4CC4)cn3)N2C1. The van der Waals surface area contributed by atoms with Crippen molar-refractivity contribution < 1.29 is 35.9 Å². The quantitative estimate of drug-likeness (QED) is 0.376. The van der Waals surface area contributed by atoms with E-state index in [2.05, 4.69) is 15.0 Å². The monoisotopic (exact) mass is 541 g/mol. The van der Waals surface area contributed by atoms with Crippen LogP contribution in [-0.2, 0) is 11.0 Å². The van der Waals surface area contributed by atoms with Gasteiger partial charge in [-0.2, -0.15) is 26.3 Å². The second kappa shape index (κ2) is 10.2. The van der Waals surface area contributed by atoms with Gasteiger partial charge in [-0.3, -0.25) is 14.8 Å². The molecule has 2 aromatic rings. The Kier molecular flexibility index (Phi) is 7.05. The van der Waals surface area contributed by atoms with Crippen LogP contribution in [0.2, 0.25) is 0 Å². The molecule has 1 unspecified atom stereocenters. The molecule has 5 rings (SSSR count). The van der Waals surface area contributed by atoms with Gasteiger partial charge >= 0.3 is 12.4 Å². The van der Waals surface area contributed by atoms with Gasteiger partial charge in [0.15, 0.2) is 12.3 Å². The maximum atomic E-state index is 13.4. The summed E-state index contributed by atoms with van der Waals surface area (Å²) >= 11 is 0. The molecule has 3 fully saturated rings. The van der Waals surface area contributed by atoms with Crippen molar-refractivity contribution in [2.75, 3.05) is 13.2 Å². The second-order valence-electron chi connectivity index (χ2n) is 9.75. The maximum absolute atomic E-state index is 13.4. The summed E-state index contributed by atoms with van der Waals surface area (Å²) in [4.78, 5) is 28.9. The molecule has 3 atom stereocenters. The van der Waals surface area contributed by atoms with Crippen molar-refractivity contribution in [3.05, 3.63) is 53.5 Å². The lowest BCUT2D eigenvalue weighted by Crippen LogP contribution is -2.54. The molecule has 204 valence electrons. The number of rotatable bonds is 6. The first kappa shape index (κ1) is 26.4. The molecule has 1 amide bonds. The first-order valence-corrected chi connectivity index (χ1v) is 12.3. The van der Waals surface area contributed by atoms with Gasteiger partial charge < -0.3 is 9.64 Å². The van der Waals surface area contributed by atoms with Crippen molar-refractivity contribution in [3.8, 4) is 5.88 Å². The molecular formula is C25H25F6N5O2. The van der Waals surface area contributed by atoms with Crippen LogP contribution in [0.3, 0.4) is 0 Å². The maximum Gasteiger partial charge on any atom is 0.426 e. The molecular weight excluding hydrogens is 516 g/mol. The van der Waals surface area contributed by atoms with E-state index in [4.69, 9.17) is 4.74 Å². The topological polar surface area (TPSA) is 70.9 Å². The van der Waals surface area contributed by atoms with Crippen molar-refractivity contribution in [1.82, 2.24) is 19.8 Å². The molecule has 1 aliphatic carbocycles. The largest absolute Gasteiger partial charge is 0.457 e. The Morgan fingerprint density at radius 1 is 1.00 bits per heavy atom. The van der Waals surface area contributed by atoms with Crippen LogP contribution in [0.15, 0.2) is 41.7 Å². The Bertz CT molecular complexity index is 1160. The minimum Gasteiger partial charge on any atom is -0.457 e. The number of halogens is 6. The zero-order chi connectivity index (χ0) is 27.1. The minimum atomic E-state index is -4.79. The first-order valence-electron chi connectivity index (χ1n) is 12.3. The Morgan fingerprint density at radius 2 is 1.74 bits per heavy atom. The van der Waals surface area contributed by atoms with Crippen LogP contribution in [0.4, 0.5) is 26.3 Å². The van der Waals surface area contributed by atoms with Crippen LogP contribution in [0.25, 0.3) is 0 Å². The Morgan fingerprint density at radius 3 is 2.34 bits per heavy atom. The van der Waals surface area contributed by atoms with E-state index in [9.17, 15) is 31.1 Å². The van der Waals surface area contributed by atoms with Gasteiger partial charge in [0.05, 0.1) is 30.3 Å². The predicted octanol–water partition coefficient (Wildman–Crippen LogP) is 5.11. The molecule has 0 spiro atoms. The summed E-state index contributed by atoms with van der Waals surface area (Å²) in [5.74, 6) is 0.0653. The molecule has 0 N–H and O–H groups in total. The fourth-order valence-electron chi connectivity index (χ4n) is 4.89. The van der Waals surface area contributed by atoms with Crippen molar-refractivity contribution in [2.24, 2.45) is 4.99 Å². The van der Waals surface area contributed by atoms with Crippen LogP contribution in [0.5, 0.6) is 5.88 Å². The molecule has 3 heterocycles. The van der Waals surface area contributed by atoms with Crippen molar-refractivity contribution in [1.29, 1.82) is 0 Å². The summed E-state index contributed by atoms with van der Waals surface area (Å²) in [5, 5.41) is 0. The van der Waals surface area contributed by atoms with E-state index in [-0.39, 0.29) is 31.0 Å². The molecule has 13 heteroatoms. The van der Waals surface area contributed by atoms with Crippen molar-refractivity contribution in [3.63, 3.8) is 0 Å². The fourth-order valence-corrected chi connectivity index (χ4v) is 4.89. The van der Waals surface area contributed by atoms with Gasteiger partial charge in [-0.25, -0.2) is 9.88 Å². The molecule has 3 aliphatic rings. The predicted molar refractivity (Wildman–Crippen MR) is 123 cm³/mol. The lowest BCUT2D eigenvalue weighted by molar-refractivity contribution is -0.140. The highest BCUT2D eigenvalue weighted by Crippen LogP contribution is 2.39. The van der Waals surface area contributed by atoms with E-state index in [0.717, 1.165) is 49.2 Å². The molecule has 1 aromatic heterocycles. The lowest BCUT2D eigenvalue weighted by atomic mass is 10.0. The number of carbonyl (C=O) groups is 1. The third-order valence-corrected chi connectivity index (χ3v) is 7.02. The molecule has 1 aromatic carbocycles. The van der Waals surface area contributed by atoms with Gasteiger partial charge in [0, 0.05) is 18.5 Å². The van der Waals surface area contributed by atoms with Crippen LogP contribution < -0.4 is 4.74 Å². The highest BCUT2D eigenvalue weighted by molar-refractivity contribution is 5.85. The van der Waals surface area contributed by atoms with Crippen molar-refractivity contribution >= 4 is 12.1 Å².